The van der Waals surface area contributed by atoms with Crippen LogP contribution in [0.3, 0.4) is 0 Å². The molecule has 0 aliphatic carbocycles. The highest BCUT2D eigenvalue weighted by molar-refractivity contribution is 7.99. The van der Waals surface area contributed by atoms with E-state index in [1.54, 1.807) is 0 Å². The average molecular weight is 270 g/mol. The Morgan fingerprint density at radius 2 is 2.28 bits per heavy atom. The van der Waals surface area contributed by atoms with Crippen molar-refractivity contribution in [3.63, 3.8) is 0 Å². The minimum Gasteiger partial charge on any atom is -0.480 e. The summed E-state index contributed by atoms with van der Waals surface area (Å²) in [6.45, 7) is 2.43. The Kier molecular flexibility index (Phi) is 3.91. The van der Waals surface area contributed by atoms with Gasteiger partial charge in [0.2, 0.25) is 0 Å². The van der Waals surface area contributed by atoms with Crippen LogP contribution in [0.1, 0.15) is 32.0 Å². The van der Waals surface area contributed by atoms with E-state index in [0.717, 1.165) is 36.8 Å². The molecule has 1 atom stereocenters. The average Bonchev–Trinajstić information content (AvgIpc) is 2.55. The fraction of sp³-hybridized carbons (Fsp3) is 0.727. The molecule has 1 aromatic heterocycles. The van der Waals surface area contributed by atoms with Crippen LogP contribution in [0.4, 0.5) is 0 Å². The fourth-order valence-corrected chi connectivity index (χ4v) is 2.84. The molecule has 0 saturated carbocycles. The van der Waals surface area contributed by atoms with E-state index in [0.29, 0.717) is 5.75 Å². The Morgan fingerprint density at radius 1 is 1.50 bits per heavy atom. The SMILES string of the molecule is CC(N)(CSc1nnc2n1CCCCC2)C(=O)O. The Labute approximate surface area is 110 Å². The molecule has 1 aliphatic heterocycles. The molecule has 7 heteroatoms. The summed E-state index contributed by atoms with van der Waals surface area (Å²) in [6.07, 6.45) is 4.42. The van der Waals surface area contributed by atoms with Gasteiger partial charge >= 0.3 is 5.97 Å². The monoisotopic (exact) mass is 270 g/mol. The molecule has 0 aromatic carbocycles. The number of hydrogen-bond acceptors (Lipinski definition) is 5. The third-order valence-corrected chi connectivity index (χ3v) is 4.37. The first kappa shape index (κ1) is 13.4. The van der Waals surface area contributed by atoms with E-state index >= 15 is 0 Å². The van der Waals surface area contributed by atoms with Crippen LogP contribution < -0.4 is 5.73 Å². The number of nitrogens with zero attached hydrogens (tertiary/aromatic N) is 3. The predicted octanol–water partition coefficient (Wildman–Crippen LogP) is 0.899. The largest absolute Gasteiger partial charge is 0.480 e. The van der Waals surface area contributed by atoms with Crippen LogP contribution in [0.5, 0.6) is 0 Å². The van der Waals surface area contributed by atoms with E-state index in [1.807, 2.05) is 0 Å². The standard InChI is InChI=1S/C11H18N4O2S/c1-11(12,9(16)17)7-18-10-14-13-8-5-3-2-4-6-15(8)10/h2-7,12H2,1H3,(H,16,17). The number of carboxylic acid groups (broad SMARTS) is 1. The van der Waals surface area contributed by atoms with Crippen molar-refractivity contribution in [1.29, 1.82) is 0 Å². The van der Waals surface area contributed by atoms with Crippen molar-refractivity contribution in [3.8, 4) is 0 Å². The molecule has 0 saturated heterocycles. The van der Waals surface area contributed by atoms with Gasteiger partial charge in [-0.3, -0.25) is 4.79 Å². The molecule has 0 amide bonds. The molecule has 1 aromatic rings. The number of thioether (sulfide) groups is 1. The molecular formula is C11H18N4O2S. The zero-order chi connectivity index (χ0) is 13.2. The van der Waals surface area contributed by atoms with Crippen molar-refractivity contribution in [3.05, 3.63) is 5.82 Å². The van der Waals surface area contributed by atoms with Gasteiger partial charge in [0.25, 0.3) is 0 Å². The molecular weight excluding hydrogens is 252 g/mol. The first-order valence-corrected chi connectivity index (χ1v) is 7.06. The Morgan fingerprint density at radius 3 is 3.00 bits per heavy atom. The second-order valence-electron chi connectivity index (χ2n) is 4.87. The summed E-state index contributed by atoms with van der Waals surface area (Å²) >= 11 is 1.37. The van der Waals surface area contributed by atoms with Gasteiger partial charge in [0.15, 0.2) is 5.16 Å². The molecule has 0 bridgehead atoms. The molecule has 0 spiro atoms. The normalized spacial score (nSPS) is 18.8. The first-order valence-electron chi connectivity index (χ1n) is 6.08. The molecule has 18 heavy (non-hydrogen) atoms. The van der Waals surface area contributed by atoms with Crippen LogP contribution in [0.25, 0.3) is 0 Å². The fourth-order valence-electron chi connectivity index (χ4n) is 1.84. The molecule has 0 fully saturated rings. The predicted molar refractivity (Wildman–Crippen MR) is 68.5 cm³/mol. The number of carbonyl (C=O) groups is 1. The van der Waals surface area contributed by atoms with E-state index in [-0.39, 0.29) is 0 Å². The number of carboxylic acids is 1. The maximum atomic E-state index is 10.9. The van der Waals surface area contributed by atoms with E-state index in [1.165, 1.54) is 25.1 Å². The van der Waals surface area contributed by atoms with Crippen LogP contribution in [0.2, 0.25) is 0 Å². The number of aliphatic carboxylic acids is 1. The number of aryl methyl sites for hydroxylation is 1. The van der Waals surface area contributed by atoms with Gasteiger partial charge in [0.05, 0.1) is 0 Å². The lowest BCUT2D eigenvalue weighted by Gasteiger charge is -2.18. The quantitative estimate of drug-likeness (QED) is 0.789. The molecule has 1 aliphatic rings. The molecule has 2 rings (SSSR count). The van der Waals surface area contributed by atoms with Gasteiger partial charge in [-0.1, -0.05) is 18.2 Å². The van der Waals surface area contributed by atoms with Crippen molar-refractivity contribution in [2.45, 2.75) is 49.8 Å². The summed E-state index contributed by atoms with van der Waals surface area (Å²) in [5.74, 6) is 0.301. The molecule has 6 nitrogen and oxygen atoms in total. The lowest BCUT2D eigenvalue weighted by Crippen LogP contribution is -2.47. The van der Waals surface area contributed by atoms with Crippen molar-refractivity contribution < 1.29 is 9.90 Å². The minimum absolute atomic E-state index is 0.292. The third-order valence-electron chi connectivity index (χ3n) is 3.07. The van der Waals surface area contributed by atoms with Crippen molar-refractivity contribution in [2.24, 2.45) is 5.73 Å². The number of rotatable bonds is 4. The highest BCUT2D eigenvalue weighted by Crippen LogP contribution is 2.24. The Bertz CT molecular complexity index is 444. The molecule has 0 radical (unpaired) electrons. The maximum Gasteiger partial charge on any atom is 0.324 e. The lowest BCUT2D eigenvalue weighted by molar-refractivity contribution is -0.141. The van der Waals surface area contributed by atoms with Crippen molar-refractivity contribution in [1.82, 2.24) is 14.8 Å². The van der Waals surface area contributed by atoms with Crippen molar-refractivity contribution >= 4 is 17.7 Å². The van der Waals surface area contributed by atoms with E-state index in [2.05, 4.69) is 14.8 Å². The van der Waals surface area contributed by atoms with Gasteiger partial charge in [0, 0.05) is 18.7 Å². The van der Waals surface area contributed by atoms with Crippen LogP contribution in [0.15, 0.2) is 5.16 Å². The van der Waals surface area contributed by atoms with Crippen LogP contribution in [0, 0.1) is 0 Å². The van der Waals surface area contributed by atoms with Gasteiger partial charge < -0.3 is 15.4 Å². The zero-order valence-corrected chi connectivity index (χ0v) is 11.2. The summed E-state index contributed by atoms with van der Waals surface area (Å²) < 4.78 is 2.09. The number of hydrogen-bond donors (Lipinski definition) is 2. The van der Waals surface area contributed by atoms with Crippen LogP contribution >= 0.6 is 11.8 Å². The molecule has 1 unspecified atom stereocenters. The van der Waals surface area contributed by atoms with E-state index in [4.69, 9.17) is 10.8 Å². The molecule has 3 N–H and O–H groups in total. The second kappa shape index (κ2) is 5.27. The Balaban J connectivity index is 2.06. The zero-order valence-electron chi connectivity index (χ0n) is 10.4. The molecule has 2 heterocycles. The summed E-state index contributed by atoms with van der Waals surface area (Å²) in [7, 11) is 0. The van der Waals surface area contributed by atoms with Gasteiger partial charge in [-0.25, -0.2) is 0 Å². The number of fused-ring (bicyclic) bond motifs is 1. The highest BCUT2D eigenvalue weighted by atomic mass is 32.2. The summed E-state index contributed by atoms with van der Waals surface area (Å²) in [6, 6.07) is 0. The third kappa shape index (κ3) is 2.84. The first-order chi connectivity index (χ1) is 8.50. The smallest absolute Gasteiger partial charge is 0.324 e. The van der Waals surface area contributed by atoms with Gasteiger partial charge in [-0.2, -0.15) is 0 Å². The molecule has 100 valence electrons. The Hall–Kier alpha value is -1.08. The van der Waals surface area contributed by atoms with E-state index < -0.39 is 11.5 Å². The minimum atomic E-state index is -1.23. The van der Waals surface area contributed by atoms with E-state index in [9.17, 15) is 4.79 Å². The lowest BCUT2D eigenvalue weighted by atomic mass is 10.1. The van der Waals surface area contributed by atoms with Crippen molar-refractivity contribution in [2.75, 3.05) is 5.75 Å². The van der Waals surface area contributed by atoms with Gasteiger partial charge in [-0.15, -0.1) is 10.2 Å². The second-order valence-corrected chi connectivity index (χ2v) is 5.81. The van der Waals surface area contributed by atoms with Crippen LogP contribution in [-0.4, -0.2) is 37.1 Å². The summed E-state index contributed by atoms with van der Waals surface area (Å²) in [5.41, 5.74) is 4.47. The maximum absolute atomic E-state index is 10.9. The number of aromatic nitrogens is 3. The van der Waals surface area contributed by atoms with Gasteiger partial charge in [-0.05, 0) is 19.8 Å². The highest BCUT2D eigenvalue weighted by Gasteiger charge is 2.29. The summed E-state index contributed by atoms with van der Waals surface area (Å²) in [5, 5.41) is 18.0. The topological polar surface area (TPSA) is 94.0 Å². The van der Waals surface area contributed by atoms with Crippen LogP contribution in [-0.2, 0) is 17.8 Å². The summed E-state index contributed by atoms with van der Waals surface area (Å²) in [4.78, 5) is 10.9. The number of nitrogens with two attached hydrogens (primary N) is 1. The van der Waals surface area contributed by atoms with Gasteiger partial charge in [0.1, 0.15) is 11.4 Å².